The van der Waals surface area contributed by atoms with E-state index in [1.54, 1.807) is 35.6 Å². The van der Waals surface area contributed by atoms with E-state index in [9.17, 15) is 4.79 Å². The van der Waals surface area contributed by atoms with Gasteiger partial charge < -0.3 is 0 Å². The number of thioether (sulfide) groups is 1. The van der Waals surface area contributed by atoms with Crippen molar-refractivity contribution in [2.24, 2.45) is 0 Å². The summed E-state index contributed by atoms with van der Waals surface area (Å²) in [7, 11) is 0. The third kappa shape index (κ3) is 2.93. The van der Waals surface area contributed by atoms with Crippen LogP contribution in [0.2, 0.25) is 5.02 Å². The Morgan fingerprint density at radius 1 is 1.25 bits per heavy atom. The van der Waals surface area contributed by atoms with Gasteiger partial charge in [0.25, 0.3) is 0 Å². The van der Waals surface area contributed by atoms with Crippen LogP contribution in [0.5, 0.6) is 0 Å². The second-order valence-corrected chi connectivity index (χ2v) is 9.24. The van der Waals surface area contributed by atoms with Crippen LogP contribution in [-0.4, -0.2) is 31.1 Å². The maximum absolute atomic E-state index is 12.5. The third-order valence-corrected chi connectivity index (χ3v) is 7.43. The second kappa shape index (κ2) is 7.13. The van der Waals surface area contributed by atoms with Gasteiger partial charge in [-0.1, -0.05) is 30.3 Å². The molecule has 0 saturated carbocycles. The van der Waals surface area contributed by atoms with E-state index >= 15 is 0 Å². The smallest absolute Gasteiger partial charge is 0.197 e. The number of benzene rings is 1. The number of thiophene rings is 1. The highest BCUT2D eigenvalue weighted by atomic mass is 35.5. The zero-order valence-corrected chi connectivity index (χ0v) is 17.6. The molecule has 3 aromatic heterocycles. The minimum absolute atomic E-state index is 0.0435. The average molecular weight is 429 g/mol. The van der Waals surface area contributed by atoms with Gasteiger partial charge in [0.2, 0.25) is 0 Å². The first-order valence-electron chi connectivity index (χ1n) is 9.25. The number of aryl methyl sites for hydroxylation is 3. The first kappa shape index (κ1) is 18.1. The van der Waals surface area contributed by atoms with E-state index in [-0.39, 0.29) is 5.78 Å². The second-order valence-electron chi connectivity index (χ2n) is 6.78. The summed E-state index contributed by atoms with van der Waals surface area (Å²) in [5.74, 6) is 1.28. The van der Waals surface area contributed by atoms with Crippen LogP contribution in [0.4, 0.5) is 0 Å². The summed E-state index contributed by atoms with van der Waals surface area (Å²) < 4.78 is 2.04. The first-order valence-corrected chi connectivity index (χ1v) is 11.4. The number of Topliss-reactive ketones (excluding diaryl/α,β-unsaturated/α-hetero) is 1. The number of aromatic nitrogens is 4. The van der Waals surface area contributed by atoms with Gasteiger partial charge in [0.05, 0.1) is 11.1 Å². The van der Waals surface area contributed by atoms with E-state index < -0.39 is 0 Å². The predicted octanol–water partition coefficient (Wildman–Crippen LogP) is 5.02. The fourth-order valence-corrected chi connectivity index (χ4v) is 5.96. The highest BCUT2D eigenvalue weighted by molar-refractivity contribution is 7.99. The van der Waals surface area contributed by atoms with E-state index in [0.29, 0.717) is 16.3 Å². The number of hydrogen-bond donors (Lipinski definition) is 0. The van der Waals surface area contributed by atoms with E-state index in [1.165, 1.54) is 28.6 Å². The Bertz CT molecular complexity index is 1210. The van der Waals surface area contributed by atoms with Crippen LogP contribution in [-0.2, 0) is 19.3 Å². The molecule has 0 aliphatic heterocycles. The molecule has 8 heteroatoms. The van der Waals surface area contributed by atoms with Crippen molar-refractivity contribution in [2.75, 3.05) is 5.75 Å². The number of nitrogens with zero attached hydrogens (tertiary/aromatic N) is 4. The molecule has 0 unspecified atom stereocenters. The van der Waals surface area contributed by atoms with Gasteiger partial charge in [0, 0.05) is 21.9 Å². The van der Waals surface area contributed by atoms with Gasteiger partial charge in [-0.2, -0.15) is 0 Å². The lowest BCUT2D eigenvalue weighted by Crippen LogP contribution is -2.05. The number of carbonyl (C=O) groups is 1. The summed E-state index contributed by atoms with van der Waals surface area (Å²) in [5, 5.41) is 11.4. The van der Waals surface area contributed by atoms with Gasteiger partial charge in [-0.3, -0.25) is 9.20 Å². The van der Waals surface area contributed by atoms with Gasteiger partial charge >= 0.3 is 0 Å². The maximum Gasteiger partial charge on any atom is 0.197 e. The molecule has 5 nitrogen and oxygen atoms in total. The average Bonchev–Trinajstić information content (AvgIpc) is 3.39. The van der Waals surface area contributed by atoms with Crippen LogP contribution in [0.1, 0.15) is 40.0 Å². The van der Waals surface area contributed by atoms with E-state index in [0.717, 1.165) is 46.1 Å². The highest BCUT2D eigenvalue weighted by Crippen LogP contribution is 2.39. The minimum atomic E-state index is 0.0435. The molecule has 5 rings (SSSR count). The van der Waals surface area contributed by atoms with E-state index in [2.05, 4.69) is 17.1 Å². The van der Waals surface area contributed by atoms with Crippen molar-refractivity contribution in [3.8, 4) is 0 Å². The Morgan fingerprint density at radius 2 is 2.07 bits per heavy atom. The zero-order valence-electron chi connectivity index (χ0n) is 15.2. The molecule has 142 valence electrons. The lowest BCUT2D eigenvalue weighted by atomic mass is 10.1. The molecule has 0 saturated heterocycles. The van der Waals surface area contributed by atoms with Gasteiger partial charge in [0.1, 0.15) is 10.7 Å². The lowest BCUT2D eigenvalue weighted by molar-refractivity contribution is 0.102. The Kier molecular flexibility index (Phi) is 4.61. The first-order chi connectivity index (χ1) is 13.7. The van der Waals surface area contributed by atoms with Crippen molar-refractivity contribution in [3.63, 3.8) is 0 Å². The molecule has 1 aliphatic carbocycles. The van der Waals surface area contributed by atoms with Gasteiger partial charge in [-0.15, -0.1) is 21.5 Å². The molecule has 0 bridgehead atoms. The number of carbonyl (C=O) groups excluding carboxylic acids is 1. The number of halogens is 1. The molecule has 1 aromatic carbocycles. The molecule has 0 amide bonds. The minimum Gasteiger partial charge on any atom is -0.293 e. The molecule has 1 aliphatic rings. The van der Waals surface area contributed by atoms with Crippen LogP contribution < -0.4 is 0 Å². The van der Waals surface area contributed by atoms with Crippen molar-refractivity contribution in [1.29, 1.82) is 0 Å². The summed E-state index contributed by atoms with van der Waals surface area (Å²) in [6.07, 6.45) is 4.20. The third-order valence-electron chi connectivity index (χ3n) is 5.06. The molecule has 0 atom stereocenters. The standard InChI is InChI=1S/C20H17ClN4OS2/c1-2-16-22-19-17(13-4-3-5-15(13)28-19)18-23-24-20(25(16)18)27-10-14(26)11-6-8-12(21)9-7-11/h6-9H,2-5,10H2,1H3. The SMILES string of the molecule is CCc1nc2sc3c(c2c2nnc(SCC(=O)c4ccc(Cl)cc4)n12)CCC3. The molecule has 0 N–H and O–H groups in total. The summed E-state index contributed by atoms with van der Waals surface area (Å²) in [5.41, 5.74) is 2.92. The van der Waals surface area contributed by atoms with E-state index in [4.69, 9.17) is 16.6 Å². The van der Waals surface area contributed by atoms with Crippen LogP contribution in [0.3, 0.4) is 0 Å². The maximum atomic E-state index is 12.5. The van der Waals surface area contributed by atoms with Gasteiger partial charge in [0.15, 0.2) is 16.6 Å². The van der Waals surface area contributed by atoms with E-state index in [1.807, 2.05) is 4.40 Å². The van der Waals surface area contributed by atoms with Crippen molar-refractivity contribution in [1.82, 2.24) is 19.6 Å². The van der Waals surface area contributed by atoms with Crippen molar-refractivity contribution in [3.05, 3.63) is 51.1 Å². The Balaban J connectivity index is 1.52. The monoisotopic (exact) mass is 428 g/mol. The summed E-state index contributed by atoms with van der Waals surface area (Å²) in [6, 6.07) is 6.98. The number of fused-ring (bicyclic) bond motifs is 5. The largest absolute Gasteiger partial charge is 0.293 e. The fraction of sp³-hybridized carbons (Fsp3) is 0.300. The summed E-state index contributed by atoms with van der Waals surface area (Å²) in [4.78, 5) is 19.9. The van der Waals surface area contributed by atoms with Crippen molar-refractivity contribution in [2.45, 2.75) is 37.8 Å². The van der Waals surface area contributed by atoms with Gasteiger partial charge in [-0.25, -0.2) is 4.98 Å². The highest BCUT2D eigenvalue weighted by Gasteiger charge is 2.24. The molecule has 28 heavy (non-hydrogen) atoms. The molecule has 0 spiro atoms. The Morgan fingerprint density at radius 3 is 2.86 bits per heavy atom. The van der Waals surface area contributed by atoms with Crippen molar-refractivity contribution >= 4 is 56.3 Å². The number of hydrogen-bond acceptors (Lipinski definition) is 6. The Labute approximate surface area is 175 Å². The van der Waals surface area contributed by atoms with Crippen LogP contribution in [0.25, 0.3) is 15.9 Å². The molecule has 3 heterocycles. The quantitative estimate of drug-likeness (QED) is 0.330. The van der Waals surface area contributed by atoms with Crippen LogP contribution in [0, 0.1) is 0 Å². The summed E-state index contributed by atoms with van der Waals surface area (Å²) >= 11 is 9.11. The molecular formula is C20H17ClN4OS2. The zero-order chi connectivity index (χ0) is 19.3. The van der Waals surface area contributed by atoms with Gasteiger partial charge in [-0.05, 0) is 49.1 Å². The Hall–Kier alpha value is -1.96. The molecule has 0 fully saturated rings. The number of ketones is 1. The topological polar surface area (TPSA) is 60.2 Å². The van der Waals surface area contributed by atoms with Crippen molar-refractivity contribution < 1.29 is 4.79 Å². The molecule has 0 radical (unpaired) electrons. The van der Waals surface area contributed by atoms with Crippen LogP contribution in [0.15, 0.2) is 29.4 Å². The normalized spacial score (nSPS) is 13.5. The molecular weight excluding hydrogens is 412 g/mol. The fourth-order valence-electron chi connectivity index (χ4n) is 3.71. The predicted molar refractivity (Wildman–Crippen MR) is 114 cm³/mol. The van der Waals surface area contributed by atoms with Crippen LogP contribution >= 0.6 is 34.7 Å². The number of rotatable bonds is 5. The summed E-state index contributed by atoms with van der Waals surface area (Å²) in [6.45, 7) is 2.09. The molecule has 4 aromatic rings. The lowest BCUT2D eigenvalue weighted by Gasteiger charge is -2.06.